The Hall–Kier alpha value is -1.34. The first kappa shape index (κ1) is 10.2. The van der Waals surface area contributed by atoms with Gasteiger partial charge in [-0.1, -0.05) is 35.9 Å². The maximum absolute atomic E-state index is 11.1. The van der Waals surface area contributed by atoms with Gasteiger partial charge in [0.1, 0.15) is 5.78 Å². The normalized spacial score (nSPS) is 10.5. The van der Waals surface area contributed by atoms with Crippen molar-refractivity contribution in [2.75, 3.05) is 0 Å². The van der Waals surface area contributed by atoms with Gasteiger partial charge in [0.05, 0.1) is 0 Å². The van der Waals surface area contributed by atoms with E-state index in [-0.39, 0.29) is 5.78 Å². The molecule has 0 atom stereocenters. The van der Waals surface area contributed by atoms with Gasteiger partial charge < -0.3 is 0 Å². The number of Topliss-reactive ketones (excluding diaryl/α,β-unsaturated/α-hetero) is 1. The lowest BCUT2D eigenvalue weighted by Crippen LogP contribution is -1.96. The summed E-state index contributed by atoms with van der Waals surface area (Å²) in [6.07, 6.45) is 0.485. The highest BCUT2D eigenvalue weighted by molar-refractivity contribution is 6.31. The van der Waals surface area contributed by atoms with Crippen LogP contribution >= 0.6 is 11.6 Å². The minimum Gasteiger partial charge on any atom is -0.300 e. The standard InChI is InChI=1S/C13H11ClO/c1-9(15)7-10-3-2-4-11-8-12(14)5-6-13(10)11/h2-6,8H,7H2,1H3. The molecule has 0 aliphatic heterocycles. The van der Waals surface area contributed by atoms with Gasteiger partial charge in [0.25, 0.3) is 0 Å². The van der Waals surface area contributed by atoms with Crippen LogP contribution in [0.4, 0.5) is 0 Å². The number of carbonyl (C=O) groups is 1. The summed E-state index contributed by atoms with van der Waals surface area (Å²) in [4.78, 5) is 11.1. The zero-order chi connectivity index (χ0) is 10.8. The summed E-state index contributed by atoms with van der Waals surface area (Å²) in [7, 11) is 0. The number of hydrogen-bond donors (Lipinski definition) is 0. The molecule has 76 valence electrons. The molecule has 0 aromatic heterocycles. The Balaban J connectivity index is 2.60. The van der Waals surface area contributed by atoms with Crippen LogP contribution in [0.1, 0.15) is 12.5 Å². The van der Waals surface area contributed by atoms with E-state index in [1.165, 1.54) is 0 Å². The molecule has 0 radical (unpaired) electrons. The molecule has 0 spiro atoms. The summed E-state index contributed by atoms with van der Waals surface area (Å²) >= 11 is 5.91. The number of halogens is 1. The fourth-order valence-electron chi connectivity index (χ4n) is 1.74. The van der Waals surface area contributed by atoms with E-state index < -0.39 is 0 Å². The maximum Gasteiger partial charge on any atom is 0.134 e. The Labute approximate surface area is 93.7 Å². The van der Waals surface area contributed by atoms with E-state index in [1.54, 1.807) is 6.92 Å². The van der Waals surface area contributed by atoms with Gasteiger partial charge in [0, 0.05) is 11.4 Å². The second-order valence-corrected chi connectivity index (χ2v) is 4.10. The van der Waals surface area contributed by atoms with Crippen LogP contribution in [-0.2, 0) is 11.2 Å². The van der Waals surface area contributed by atoms with Crippen LogP contribution in [0.3, 0.4) is 0 Å². The maximum atomic E-state index is 11.1. The molecule has 0 fully saturated rings. The van der Waals surface area contributed by atoms with E-state index >= 15 is 0 Å². The minimum absolute atomic E-state index is 0.178. The predicted molar refractivity (Wildman–Crippen MR) is 63.3 cm³/mol. The third-order valence-electron chi connectivity index (χ3n) is 2.37. The van der Waals surface area contributed by atoms with E-state index in [1.807, 2.05) is 36.4 Å². The van der Waals surface area contributed by atoms with Gasteiger partial charge in [-0.2, -0.15) is 0 Å². The molecule has 2 rings (SSSR count). The second-order valence-electron chi connectivity index (χ2n) is 3.66. The van der Waals surface area contributed by atoms with E-state index in [0.29, 0.717) is 6.42 Å². The molecule has 0 amide bonds. The van der Waals surface area contributed by atoms with Crippen molar-refractivity contribution < 1.29 is 4.79 Å². The molecule has 1 nitrogen and oxygen atoms in total. The van der Waals surface area contributed by atoms with Crippen molar-refractivity contribution in [2.24, 2.45) is 0 Å². The van der Waals surface area contributed by atoms with Gasteiger partial charge in [-0.15, -0.1) is 0 Å². The lowest BCUT2D eigenvalue weighted by atomic mass is 10.0. The molecule has 0 N–H and O–H groups in total. The molecule has 0 bridgehead atoms. The van der Waals surface area contributed by atoms with Crippen LogP contribution in [0, 0.1) is 0 Å². The highest BCUT2D eigenvalue weighted by Gasteiger charge is 2.03. The summed E-state index contributed by atoms with van der Waals surface area (Å²) in [5.41, 5.74) is 1.07. The van der Waals surface area contributed by atoms with Crippen molar-refractivity contribution in [1.82, 2.24) is 0 Å². The Kier molecular flexibility index (Phi) is 2.74. The van der Waals surface area contributed by atoms with Crippen molar-refractivity contribution in [1.29, 1.82) is 0 Å². The Morgan fingerprint density at radius 1 is 1.27 bits per heavy atom. The van der Waals surface area contributed by atoms with Crippen LogP contribution < -0.4 is 0 Å². The summed E-state index contributed by atoms with van der Waals surface area (Å²) in [5, 5.41) is 2.92. The first-order chi connectivity index (χ1) is 7.16. The Morgan fingerprint density at radius 3 is 2.80 bits per heavy atom. The number of rotatable bonds is 2. The quantitative estimate of drug-likeness (QED) is 0.753. The van der Waals surface area contributed by atoms with Gasteiger partial charge in [0.15, 0.2) is 0 Å². The van der Waals surface area contributed by atoms with Gasteiger partial charge in [0.2, 0.25) is 0 Å². The van der Waals surface area contributed by atoms with Crippen molar-refractivity contribution in [2.45, 2.75) is 13.3 Å². The molecule has 2 aromatic rings. The highest BCUT2D eigenvalue weighted by Crippen LogP contribution is 2.22. The van der Waals surface area contributed by atoms with E-state index in [4.69, 9.17) is 11.6 Å². The zero-order valence-corrected chi connectivity index (χ0v) is 9.21. The summed E-state index contributed by atoms with van der Waals surface area (Å²) in [5.74, 6) is 0.178. The SMILES string of the molecule is CC(=O)Cc1cccc2cc(Cl)ccc12. The van der Waals surface area contributed by atoms with Crippen LogP contribution in [0.15, 0.2) is 36.4 Å². The predicted octanol–water partition coefficient (Wildman–Crippen LogP) is 3.62. The summed E-state index contributed by atoms with van der Waals surface area (Å²) in [6, 6.07) is 11.7. The van der Waals surface area contributed by atoms with E-state index in [2.05, 4.69) is 0 Å². The van der Waals surface area contributed by atoms with Crippen molar-refractivity contribution in [3.63, 3.8) is 0 Å². The van der Waals surface area contributed by atoms with Crippen molar-refractivity contribution >= 4 is 28.2 Å². The fourth-order valence-corrected chi connectivity index (χ4v) is 1.92. The van der Waals surface area contributed by atoms with Crippen molar-refractivity contribution in [3.8, 4) is 0 Å². The zero-order valence-electron chi connectivity index (χ0n) is 8.46. The molecule has 2 aromatic carbocycles. The fraction of sp³-hybridized carbons (Fsp3) is 0.154. The number of benzene rings is 2. The molecule has 2 heteroatoms. The monoisotopic (exact) mass is 218 g/mol. The largest absolute Gasteiger partial charge is 0.300 e. The first-order valence-corrected chi connectivity index (χ1v) is 5.21. The summed E-state index contributed by atoms with van der Waals surface area (Å²) in [6.45, 7) is 1.61. The topological polar surface area (TPSA) is 17.1 Å². The van der Waals surface area contributed by atoms with Gasteiger partial charge in [-0.3, -0.25) is 4.79 Å². The molecule has 0 unspecified atom stereocenters. The Bertz CT molecular complexity index is 517. The average molecular weight is 219 g/mol. The summed E-state index contributed by atoms with van der Waals surface area (Å²) < 4.78 is 0. The van der Waals surface area contributed by atoms with E-state index in [9.17, 15) is 4.79 Å². The number of hydrogen-bond acceptors (Lipinski definition) is 1. The smallest absolute Gasteiger partial charge is 0.134 e. The molecule has 0 aliphatic rings. The molecule has 0 aliphatic carbocycles. The first-order valence-electron chi connectivity index (χ1n) is 4.83. The lowest BCUT2D eigenvalue weighted by Gasteiger charge is -2.04. The van der Waals surface area contributed by atoms with Gasteiger partial charge in [-0.05, 0) is 35.4 Å². The molecule has 0 heterocycles. The highest BCUT2D eigenvalue weighted by atomic mass is 35.5. The third kappa shape index (κ3) is 2.18. The minimum atomic E-state index is 0.178. The Morgan fingerprint density at radius 2 is 2.07 bits per heavy atom. The second kappa shape index (κ2) is 4.03. The van der Waals surface area contributed by atoms with Crippen LogP contribution in [0.2, 0.25) is 5.02 Å². The molecular formula is C13H11ClO. The number of fused-ring (bicyclic) bond motifs is 1. The number of ketones is 1. The van der Waals surface area contributed by atoms with Crippen LogP contribution in [0.25, 0.3) is 10.8 Å². The average Bonchev–Trinajstić information content (AvgIpc) is 2.16. The van der Waals surface area contributed by atoms with Crippen LogP contribution in [-0.4, -0.2) is 5.78 Å². The molecule has 15 heavy (non-hydrogen) atoms. The molecule has 0 saturated carbocycles. The van der Waals surface area contributed by atoms with E-state index in [0.717, 1.165) is 21.4 Å². The van der Waals surface area contributed by atoms with Crippen molar-refractivity contribution in [3.05, 3.63) is 47.0 Å². The number of carbonyl (C=O) groups excluding carboxylic acids is 1. The lowest BCUT2D eigenvalue weighted by molar-refractivity contribution is -0.116. The molecular weight excluding hydrogens is 208 g/mol. The van der Waals surface area contributed by atoms with Gasteiger partial charge in [-0.25, -0.2) is 0 Å². The third-order valence-corrected chi connectivity index (χ3v) is 2.61. The van der Waals surface area contributed by atoms with Crippen LogP contribution in [0.5, 0.6) is 0 Å². The van der Waals surface area contributed by atoms with Gasteiger partial charge >= 0.3 is 0 Å². The molecule has 0 saturated heterocycles.